The zero-order chi connectivity index (χ0) is 14.9. The van der Waals surface area contributed by atoms with Crippen LogP contribution in [0.2, 0.25) is 0 Å². The molecular formula is C12H27NO5S. The van der Waals surface area contributed by atoms with Crippen LogP contribution in [0.1, 0.15) is 20.8 Å². The third kappa shape index (κ3) is 11.3. The first-order chi connectivity index (χ1) is 8.67. The molecule has 0 aliphatic heterocycles. The first kappa shape index (κ1) is 18.8. The molecule has 0 spiro atoms. The van der Waals surface area contributed by atoms with E-state index >= 15 is 0 Å². The molecule has 0 heterocycles. The highest BCUT2D eigenvalue weighted by Gasteiger charge is 2.28. The maximum atomic E-state index is 11.2. The molecule has 1 unspecified atom stereocenters. The summed E-state index contributed by atoms with van der Waals surface area (Å²) < 4.78 is 37.9. The third-order valence-corrected chi connectivity index (χ3v) is 3.65. The normalized spacial score (nSPS) is 14.6. The van der Waals surface area contributed by atoms with E-state index in [1.165, 1.54) is 0 Å². The van der Waals surface area contributed by atoms with Gasteiger partial charge >= 0.3 is 0 Å². The fraction of sp³-hybridized carbons (Fsp3) is 1.00. The van der Waals surface area contributed by atoms with Gasteiger partial charge < -0.3 is 14.2 Å². The average molecular weight is 297 g/mol. The summed E-state index contributed by atoms with van der Waals surface area (Å²) in [4.78, 5) is 0. The number of ether oxygens (including phenoxy) is 3. The van der Waals surface area contributed by atoms with Crippen molar-refractivity contribution < 1.29 is 22.6 Å². The number of sulfonamides is 1. The van der Waals surface area contributed by atoms with Crippen molar-refractivity contribution in [3.05, 3.63) is 0 Å². The number of hydrogen-bond acceptors (Lipinski definition) is 5. The van der Waals surface area contributed by atoms with Gasteiger partial charge in [-0.15, -0.1) is 0 Å². The Bertz CT molecular complexity index is 324. The van der Waals surface area contributed by atoms with Crippen LogP contribution >= 0.6 is 0 Å². The molecule has 0 bridgehead atoms. The van der Waals surface area contributed by atoms with Gasteiger partial charge in [-0.05, 0) is 5.41 Å². The zero-order valence-electron chi connectivity index (χ0n) is 12.3. The van der Waals surface area contributed by atoms with Crippen LogP contribution in [-0.2, 0) is 24.2 Å². The molecule has 0 aromatic heterocycles. The molecule has 0 aliphatic carbocycles. The van der Waals surface area contributed by atoms with Gasteiger partial charge in [0.2, 0.25) is 10.0 Å². The van der Waals surface area contributed by atoms with Crippen molar-refractivity contribution in [2.75, 3.05) is 45.9 Å². The van der Waals surface area contributed by atoms with Crippen LogP contribution in [-0.4, -0.2) is 54.3 Å². The monoisotopic (exact) mass is 297 g/mol. The lowest BCUT2D eigenvalue weighted by Crippen LogP contribution is -2.35. The van der Waals surface area contributed by atoms with Crippen molar-refractivity contribution in [1.29, 1.82) is 0 Å². The molecule has 0 aromatic rings. The maximum Gasteiger partial charge on any atom is 0.209 e. The highest BCUT2D eigenvalue weighted by atomic mass is 32.2. The lowest BCUT2D eigenvalue weighted by atomic mass is 9.82. The van der Waals surface area contributed by atoms with E-state index < -0.39 is 10.0 Å². The predicted octanol–water partition coefficient (Wildman–Crippen LogP) is 0.617. The van der Waals surface area contributed by atoms with Crippen LogP contribution in [0.25, 0.3) is 0 Å². The Balaban J connectivity index is 3.95. The molecule has 0 radical (unpaired) electrons. The van der Waals surface area contributed by atoms with E-state index in [-0.39, 0.29) is 17.1 Å². The molecule has 1 atom stereocenters. The SMILES string of the molecule is COCCOCCOCC(CS(N)(=O)=O)C(C)(C)C. The summed E-state index contributed by atoms with van der Waals surface area (Å²) in [5, 5.41) is 5.10. The first-order valence-electron chi connectivity index (χ1n) is 6.31. The molecule has 0 fully saturated rings. The molecule has 0 aliphatic rings. The van der Waals surface area contributed by atoms with Gasteiger partial charge in [0, 0.05) is 13.0 Å². The van der Waals surface area contributed by atoms with Gasteiger partial charge in [-0.1, -0.05) is 20.8 Å². The average Bonchev–Trinajstić information content (AvgIpc) is 2.23. The molecule has 7 heteroatoms. The lowest BCUT2D eigenvalue weighted by molar-refractivity contribution is 0.00563. The van der Waals surface area contributed by atoms with E-state index in [0.717, 1.165) is 0 Å². The Labute approximate surface area is 116 Å². The van der Waals surface area contributed by atoms with Crippen LogP contribution in [0, 0.1) is 11.3 Å². The van der Waals surface area contributed by atoms with Gasteiger partial charge in [0.1, 0.15) is 0 Å². The van der Waals surface area contributed by atoms with Crippen LogP contribution in [0.3, 0.4) is 0 Å². The second-order valence-electron chi connectivity index (χ2n) is 5.57. The first-order valence-corrected chi connectivity index (χ1v) is 8.03. The molecule has 0 amide bonds. The second kappa shape index (κ2) is 8.86. The molecule has 0 aromatic carbocycles. The van der Waals surface area contributed by atoms with Gasteiger partial charge in [-0.2, -0.15) is 0 Å². The highest BCUT2D eigenvalue weighted by Crippen LogP contribution is 2.27. The van der Waals surface area contributed by atoms with Crippen molar-refractivity contribution >= 4 is 10.0 Å². The predicted molar refractivity (Wildman–Crippen MR) is 74.4 cm³/mol. The summed E-state index contributed by atoms with van der Waals surface area (Å²) in [5.41, 5.74) is -0.177. The van der Waals surface area contributed by atoms with Crippen LogP contribution in [0.4, 0.5) is 0 Å². The highest BCUT2D eigenvalue weighted by molar-refractivity contribution is 7.89. The fourth-order valence-corrected chi connectivity index (χ4v) is 2.57. The van der Waals surface area contributed by atoms with E-state index in [9.17, 15) is 8.42 Å². The van der Waals surface area contributed by atoms with Gasteiger partial charge in [0.15, 0.2) is 0 Å². The Hall–Kier alpha value is -0.210. The molecule has 116 valence electrons. The minimum Gasteiger partial charge on any atom is -0.382 e. The summed E-state index contributed by atoms with van der Waals surface area (Å²) in [6.45, 7) is 8.25. The molecule has 2 N–H and O–H groups in total. The molecule has 0 saturated heterocycles. The lowest BCUT2D eigenvalue weighted by Gasteiger charge is -2.29. The van der Waals surface area contributed by atoms with Gasteiger partial charge in [-0.3, -0.25) is 0 Å². The van der Waals surface area contributed by atoms with Crippen LogP contribution < -0.4 is 5.14 Å². The zero-order valence-corrected chi connectivity index (χ0v) is 13.2. The van der Waals surface area contributed by atoms with Crippen molar-refractivity contribution in [3.63, 3.8) is 0 Å². The van der Waals surface area contributed by atoms with E-state index in [1.54, 1.807) is 7.11 Å². The summed E-state index contributed by atoms with van der Waals surface area (Å²) in [6, 6.07) is 0. The second-order valence-corrected chi connectivity index (χ2v) is 7.23. The summed E-state index contributed by atoms with van der Waals surface area (Å²) in [5.74, 6) is -0.206. The van der Waals surface area contributed by atoms with E-state index in [4.69, 9.17) is 19.3 Å². The maximum absolute atomic E-state index is 11.2. The third-order valence-electron chi connectivity index (χ3n) is 2.78. The summed E-state index contributed by atoms with van der Waals surface area (Å²) in [6.07, 6.45) is 0. The Morgan fingerprint density at radius 3 is 2.05 bits per heavy atom. The number of hydrogen-bond donors (Lipinski definition) is 1. The molecule has 19 heavy (non-hydrogen) atoms. The number of primary sulfonamides is 1. The van der Waals surface area contributed by atoms with Crippen LogP contribution in [0.5, 0.6) is 0 Å². The van der Waals surface area contributed by atoms with E-state index in [0.29, 0.717) is 33.0 Å². The molecular weight excluding hydrogens is 270 g/mol. The molecule has 6 nitrogen and oxygen atoms in total. The van der Waals surface area contributed by atoms with E-state index in [2.05, 4.69) is 0 Å². The Morgan fingerprint density at radius 1 is 1.05 bits per heavy atom. The summed E-state index contributed by atoms with van der Waals surface area (Å²) >= 11 is 0. The topological polar surface area (TPSA) is 87.8 Å². The Morgan fingerprint density at radius 2 is 1.58 bits per heavy atom. The molecule has 0 saturated carbocycles. The fourth-order valence-electron chi connectivity index (χ4n) is 1.42. The van der Waals surface area contributed by atoms with Crippen molar-refractivity contribution in [2.45, 2.75) is 20.8 Å². The molecule has 0 rings (SSSR count). The minimum atomic E-state index is -3.49. The van der Waals surface area contributed by atoms with Crippen molar-refractivity contribution in [2.24, 2.45) is 16.5 Å². The van der Waals surface area contributed by atoms with E-state index in [1.807, 2.05) is 20.8 Å². The van der Waals surface area contributed by atoms with Gasteiger partial charge in [-0.25, -0.2) is 13.6 Å². The Kier molecular flexibility index (Phi) is 8.76. The van der Waals surface area contributed by atoms with Crippen molar-refractivity contribution in [3.8, 4) is 0 Å². The number of nitrogens with two attached hydrogens (primary N) is 1. The van der Waals surface area contributed by atoms with Gasteiger partial charge in [0.05, 0.1) is 38.8 Å². The summed E-state index contributed by atoms with van der Waals surface area (Å²) in [7, 11) is -1.88. The minimum absolute atomic E-state index is 0.0684. The largest absolute Gasteiger partial charge is 0.382 e. The smallest absolute Gasteiger partial charge is 0.209 e. The van der Waals surface area contributed by atoms with Crippen molar-refractivity contribution in [1.82, 2.24) is 0 Å². The number of rotatable bonds is 10. The standard InChI is InChI=1S/C12H27NO5S/c1-12(2,3)11(10-19(13,14)15)9-18-8-7-17-6-5-16-4/h11H,5-10H2,1-4H3,(H2,13,14,15). The quantitative estimate of drug-likeness (QED) is 0.597. The number of methoxy groups -OCH3 is 1. The van der Waals surface area contributed by atoms with Gasteiger partial charge in [0.25, 0.3) is 0 Å². The van der Waals surface area contributed by atoms with Crippen LogP contribution in [0.15, 0.2) is 0 Å².